The van der Waals surface area contributed by atoms with Crippen molar-refractivity contribution < 1.29 is 4.52 Å². The number of rotatable bonds is 3. The third-order valence-electron chi connectivity index (χ3n) is 2.80. The Labute approximate surface area is 119 Å². The lowest BCUT2D eigenvalue weighted by Gasteiger charge is -2.07. The highest BCUT2D eigenvalue weighted by Gasteiger charge is 2.16. The summed E-state index contributed by atoms with van der Waals surface area (Å²) in [6, 6.07) is 5.54. The highest BCUT2D eigenvalue weighted by atomic mass is 35.5. The topological polar surface area (TPSA) is 56.7 Å². The second kappa shape index (κ2) is 4.83. The summed E-state index contributed by atoms with van der Waals surface area (Å²) in [4.78, 5) is 8.53. The number of imidazole rings is 1. The molecule has 1 atom stereocenters. The maximum absolute atomic E-state index is 6.18. The van der Waals surface area contributed by atoms with Crippen LogP contribution in [0, 0.1) is 0 Å². The van der Waals surface area contributed by atoms with Gasteiger partial charge in [0.1, 0.15) is 5.82 Å². The predicted molar refractivity (Wildman–Crippen MR) is 72.4 cm³/mol. The monoisotopic (exact) mass is 296 g/mol. The van der Waals surface area contributed by atoms with E-state index < -0.39 is 0 Å². The summed E-state index contributed by atoms with van der Waals surface area (Å²) in [5.41, 5.74) is 1.75. The van der Waals surface area contributed by atoms with Gasteiger partial charge in [0.05, 0.1) is 23.0 Å². The lowest BCUT2D eigenvalue weighted by Crippen LogP contribution is -2.06. The van der Waals surface area contributed by atoms with Gasteiger partial charge in [-0.15, -0.1) is 11.6 Å². The third kappa shape index (κ3) is 2.31. The Bertz CT molecular complexity index is 706. The zero-order chi connectivity index (χ0) is 13.4. The Morgan fingerprint density at radius 1 is 1.42 bits per heavy atom. The average Bonchev–Trinajstić information content (AvgIpc) is 2.97. The normalized spacial score (nSPS) is 13.0. The minimum Gasteiger partial charge on any atom is -0.343 e. The van der Waals surface area contributed by atoms with E-state index in [1.54, 1.807) is 0 Å². The second-order valence-electron chi connectivity index (χ2n) is 4.15. The third-order valence-corrected chi connectivity index (χ3v) is 3.23. The lowest BCUT2D eigenvalue weighted by atomic mass is 10.3. The first-order chi connectivity index (χ1) is 9.15. The molecule has 0 amide bonds. The van der Waals surface area contributed by atoms with E-state index in [1.807, 2.05) is 29.7 Å². The van der Waals surface area contributed by atoms with Gasteiger partial charge in [0, 0.05) is 5.02 Å². The summed E-state index contributed by atoms with van der Waals surface area (Å²) in [5.74, 6) is 1.33. The van der Waals surface area contributed by atoms with Crippen LogP contribution in [0.1, 0.15) is 23.9 Å². The summed E-state index contributed by atoms with van der Waals surface area (Å²) < 4.78 is 6.71. The minimum atomic E-state index is -0.224. The zero-order valence-corrected chi connectivity index (χ0v) is 11.6. The van der Waals surface area contributed by atoms with Gasteiger partial charge in [0.15, 0.2) is 5.82 Å². The number of fused-ring (bicyclic) bond motifs is 1. The van der Waals surface area contributed by atoms with Crippen molar-refractivity contribution in [1.82, 2.24) is 19.7 Å². The van der Waals surface area contributed by atoms with Crippen LogP contribution in [0.4, 0.5) is 0 Å². The Morgan fingerprint density at radius 2 is 2.26 bits per heavy atom. The summed E-state index contributed by atoms with van der Waals surface area (Å²) >= 11 is 12.2. The van der Waals surface area contributed by atoms with E-state index in [4.69, 9.17) is 27.7 Å². The Hall–Kier alpha value is -1.59. The van der Waals surface area contributed by atoms with Crippen LogP contribution in [-0.2, 0) is 6.54 Å². The van der Waals surface area contributed by atoms with Gasteiger partial charge in [0.2, 0.25) is 6.39 Å². The molecule has 0 aliphatic rings. The van der Waals surface area contributed by atoms with E-state index in [9.17, 15) is 0 Å². The number of nitrogens with zero attached hydrogens (tertiary/aromatic N) is 4. The molecule has 1 unspecified atom stereocenters. The first-order valence-electron chi connectivity index (χ1n) is 5.70. The molecule has 0 saturated heterocycles. The van der Waals surface area contributed by atoms with E-state index in [2.05, 4.69) is 15.1 Å². The zero-order valence-electron chi connectivity index (χ0n) is 10.0. The average molecular weight is 297 g/mol. The van der Waals surface area contributed by atoms with Crippen molar-refractivity contribution in [1.29, 1.82) is 0 Å². The smallest absolute Gasteiger partial charge is 0.213 e. The van der Waals surface area contributed by atoms with Gasteiger partial charge in [-0.05, 0) is 25.1 Å². The number of alkyl halides is 1. The van der Waals surface area contributed by atoms with Crippen LogP contribution in [0.2, 0.25) is 5.02 Å². The molecule has 2 aromatic heterocycles. The maximum atomic E-state index is 6.18. The first-order valence-corrected chi connectivity index (χ1v) is 6.51. The largest absolute Gasteiger partial charge is 0.343 e. The molecule has 19 heavy (non-hydrogen) atoms. The van der Waals surface area contributed by atoms with Crippen LogP contribution >= 0.6 is 23.2 Å². The van der Waals surface area contributed by atoms with Gasteiger partial charge in [-0.25, -0.2) is 4.98 Å². The van der Waals surface area contributed by atoms with Crippen LogP contribution < -0.4 is 0 Å². The van der Waals surface area contributed by atoms with Crippen molar-refractivity contribution in [2.24, 2.45) is 0 Å². The van der Waals surface area contributed by atoms with Gasteiger partial charge >= 0.3 is 0 Å². The fourth-order valence-electron chi connectivity index (χ4n) is 1.99. The van der Waals surface area contributed by atoms with Crippen LogP contribution in [-0.4, -0.2) is 19.7 Å². The van der Waals surface area contributed by atoms with Crippen molar-refractivity contribution >= 4 is 34.2 Å². The molecule has 0 bridgehead atoms. The quantitative estimate of drug-likeness (QED) is 0.695. The molecule has 0 N–H and O–H groups in total. The van der Waals surface area contributed by atoms with Gasteiger partial charge in [-0.1, -0.05) is 16.8 Å². The van der Waals surface area contributed by atoms with Crippen molar-refractivity contribution in [3.63, 3.8) is 0 Å². The number of hydrogen-bond acceptors (Lipinski definition) is 4. The highest BCUT2D eigenvalue weighted by Crippen LogP contribution is 2.26. The Balaban J connectivity index is 2.16. The number of halogens is 2. The van der Waals surface area contributed by atoms with Crippen LogP contribution in [0.15, 0.2) is 29.1 Å². The van der Waals surface area contributed by atoms with Crippen LogP contribution in [0.3, 0.4) is 0 Å². The molecule has 0 spiro atoms. The van der Waals surface area contributed by atoms with Gasteiger partial charge in [-0.3, -0.25) is 0 Å². The van der Waals surface area contributed by atoms with E-state index in [1.165, 1.54) is 6.39 Å². The molecule has 5 nitrogen and oxygen atoms in total. The summed E-state index contributed by atoms with van der Waals surface area (Å²) in [5, 5.41) is 4.23. The fraction of sp³-hybridized carbons (Fsp3) is 0.250. The van der Waals surface area contributed by atoms with E-state index in [-0.39, 0.29) is 5.38 Å². The number of aromatic nitrogens is 4. The molecule has 1 aromatic carbocycles. The maximum Gasteiger partial charge on any atom is 0.213 e. The molecular weight excluding hydrogens is 287 g/mol. The van der Waals surface area contributed by atoms with Crippen molar-refractivity contribution in [2.45, 2.75) is 18.8 Å². The molecule has 3 aromatic rings. The fourth-order valence-corrected chi connectivity index (χ4v) is 2.33. The summed E-state index contributed by atoms with van der Waals surface area (Å²) in [7, 11) is 0. The van der Waals surface area contributed by atoms with Crippen molar-refractivity contribution in [2.75, 3.05) is 0 Å². The molecule has 98 valence electrons. The Morgan fingerprint density at radius 3 is 2.95 bits per heavy atom. The molecule has 7 heteroatoms. The standard InChI is InChI=1S/C12H10Cl2N4O/c1-7(13)12-16-9-4-8(14)2-3-10(9)18(12)5-11-15-6-19-17-11/h2-4,6-7H,5H2,1H3. The molecule has 2 heterocycles. The summed E-state index contributed by atoms with van der Waals surface area (Å²) in [6.45, 7) is 2.33. The minimum absolute atomic E-state index is 0.224. The molecule has 0 fully saturated rings. The van der Waals surface area contributed by atoms with E-state index in [0.717, 1.165) is 16.9 Å². The van der Waals surface area contributed by atoms with Gasteiger partial charge < -0.3 is 9.09 Å². The highest BCUT2D eigenvalue weighted by molar-refractivity contribution is 6.31. The number of benzene rings is 1. The van der Waals surface area contributed by atoms with Crippen molar-refractivity contribution in [3.8, 4) is 0 Å². The predicted octanol–water partition coefficient (Wildman–Crippen LogP) is 3.42. The molecule has 3 rings (SSSR count). The van der Waals surface area contributed by atoms with Gasteiger partial charge in [0.25, 0.3) is 0 Å². The lowest BCUT2D eigenvalue weighted by molar-refractivity contribution is 0.408. The molecular formula is C12H10Cl2N4O. The van der Waals surface area contributed by atoms with Crippen LogP contribution in [0.25, 0.3) is 11.0 Å². The first kappa shape index (κ1) is 12.4. The molecule has 0 aliphatic carbocycles. The SMILES string of the molecule is CC(Cl)c1nc2cc(Cl)ccc2n1Cc1ncon1. The van der Waals surface area contributed by atoms with Gasteiger partial charge in [-0.2, -0.15) is 4.98 Å². The van der Waals surface area contributed by atoms with E-state index in [0.29, 0.717) is 17.4 Å². The molecule has 0 aliphatic heterocycles. The van der Waals surface area contributed by atoms with Crippen LogP contribution in [0.5, 0.6) is 0 Å². The van der Waals surface area contributed by atoms with E-state index >= 15 is 0 Å². The van der Waals surface area contributed by atoms with Crippen molar-refractivity contribution in [3.05, 3.63) is 41.3 Å². The molecule has 0 radical (unpaired) electrons. The Kier molecular flexibility index (Phi) is 3.16. The second-order valence-corrected chi connectivity index (χ2v) is 5.24. The summed E-state index contributed by atoms with van der Waals surface area (Å²) in [6.07, 6.45) is 1.30. The molecule has 0 saturated carbocycles. The number of hydrogen-bond donors (Lipinski definition) is 0.